The summed E-state index contributed by atoms with van der Waals surface area (Å²) in [6.45, 7) is 3.40. The number of hydrogen-bond acceptors (Lipinski definition) is 4. The first kappa shape index (κ1) is 15.0. The van der Waals surface area contributed by atoms with Crippen LogP contribution in [0.3, 0.4) is 0 Å². The summed E-state index contributed by atoms with van der Waals surface area (Å²) in [7, 11) is 0. The Morgan fingerprint density at radius 3 is 2.18 bits per heavy atom. The number of benzene rings is 1. The topological polar surface area (TPSA) is 60.4 Å². The Hall–Kier alpha value is -1.97. The van der Waals surface area contributed by atoms with Crippen LogP contribution in [0.2, 0.25) is 0 Å². The molecule has 0 amide bonds. The van der Waals surface area contributed by atoms with Gasteiger partial charge in [0.05, 0.1) is 6.61 Å². The zero-order chi connectivity index (χ0) is 13.1. The van der Waals surface area contributed by atoms with E-state index < -0.39 is 5.97 Å². The molecule has 0 atom stereocenters. The molecule has 1 rings (SSSR count). The van der Waals surface area contributed by atoms with Crippen LogP contribution in [0.4, 0.5) is 0 Å². The number of rotatable bonds is 4. The molecule has 0 fully saturated rings. The van der Waals surface area contributed by atoms with E-state index in [-0.39, 0.29) is 12.2 Å². The first-order valence-corrected chi connectivity index (χ1v) is 5.25. The van der Waals surface area contributed by atoms with E-state index in [2.05, 4.69) is 4.74 Å². The van der Waals surface area contributed by atoms with Gasteiger partial charge in [0, 0.05) is 5.56 Å². The molecule has 17 heavy (non-hydrogen) atoms. The first-order chi connectivity index (χ1) is 8.10. The van der Waals surface area contributed by atoms with Gasteiger partial charge in [-0.25, -0.2) is 0 Å². The first-order valence-electron chi connectivity index (χ1n) is 5.25. The molecule has 0 aliphatic heterocycles. The third-order valence-electron chi connectivity index (χ3n) is 1.63. The minimum atomic E-state index is -0.440. The molecule has 0 aromatic heterocycles. The van der Waals surface area contributed by atoms with Crippen molar-refractivity contribution in [3.8, 4) is 0 Å². The van der Waals surface area contributed by atoms with E-state index >= 15 is 0 Å². The van der Waals surface area contributed by atoms with Gasteiger partial charge in [0.15, 0.2) is 0 Å². The number of Topliss-reactive ketones (excluding diaryl/α,β-unsaturated/α-hetero) is 1. The van der Waals surface area contributed by atoms with Crippen molar-refractivity contribution in [1.29, 1.82) is 0 Å². The summed E-state index contributed by atoms with van der Waals surface area (Å²) in [4.78, 5) is 30.6. The van der Waals surface area contributed by atoms with Crippen molar-refractivity contribution in [2.45, 2.75) is 20.3 Å². The number of carbonyl (C=O) groups is 3. The number of ether oxygens (including phenoxy) is 1. The van der Waals surface area contributed by atoms with Gasteiger partial charge in [-0.05, 0) is 13.8 Å². The van der Waals surface area contributed by atoms with Crippen LogP contribution in [-0.4, -0.2) is 24.6 Å². The van der Waals surface area contributed by atoms with Crippen LogP contribution in [0, 0.1) is 0 Å². The molecule has 1 aromatic carbocycles. The highest BCUT2D eigenvalue weighted by molar-refractivity contribution is 5.94. The molecule has 0 spiro atoms. The molecule has 1 aromatic rings. The average Bonchev–Trinajstić information content (AvgIpc) is 2.30. The third kappa shape index (κ3) is 8.99. The highest BCUT2D eigenvalue weighted by Gasteiger charge is 2.03. The van der Waals surface area contributed by atoms with Crippen molar-refractivity contribution >= 4 is 18.0 Å². The van der Waals surface area contributed by atoms with E-state index in [9.17, 15) is 14.4 Å². The zero-order valence-corrected chi connectivity index (χ0v) is 10.0. The Bertz CT molecular complexity index is 357. The van der Waals surface area contributed by atoms with E-state index in [0.717, 1.165) is 11.8 Å². The van der Waals surface area contributed by atoms with Gasteiger partial charge in [-0.15, -0.1) is 0 Å². The Morgan fingerprint density at radius 1 is 1.24 bits per heavy atom. The highest BCUT2D eigenvalue weighted by Crippen LogP contribution is 1.91. The molecule has 0 saturated carbocycles. The Balaban J connectivity index is 0.000000302. The normalized spacial score (nSPS) is 8.59. The Kier molecular flexibility index (Phi) is 8.20. The molecular formula is C13H16O4. The molecular weight excluding hydrogens is 220 g/mol. The second kappa shape index (κ2) is 9.27. The molecule has 0 N–H and O–H groups in total. The zero-order valence-electron chi connectivity index (χ0n) is 10.0. The molecule has 0 aliphatic rings. The summed E-state index contributed by atoms with van der Waals surface area (Å²) in [6.07, 6.45) is 0.730. The van der Waals surface area contributed by atoms with Gasteiger partial charge in [-0.2, -0.15) is 0 Å². The minimum absolute atomic E-state index is 0.103. The Labute approximate surface area is 101 Å². The van der Waals surface area contributed by atoms with Crippen LogP contribution in [0.25, 0.3) is 0 Å². The van der Waals surface area contributed by atoms with Crippen molar-refractivity contribution in [2.75, 3.05) is 6.61 Å². The van der Waals surface area contributed by atoms with Crippen molar-refractivity contribution in [2.24, 2.45) is 0 Å². The molecule has 0 bridgehead atoms. The van der Waals surface area contributed by atoms with Crippen molar-refractivity contribution in [3.05, 3.63) is 35.9 Å². The second-order valence-electron chi connectivity index (χ2n) is 3.21. The minimum Gasteiger partial charge on any atom is -0.466 e. The standard InChI is InChI=1S/C7H6O.C6H10O3/c8-6-7-4-2-1-3-5-7;1-3-9-6(8)4-5(2)7/h1-6H;3-4H2,1-2H3. The fourth-order valence-corrected chi connectivity index (χ4v) is 0.947. The molecule has 0 radical (unpaired) electrons. The maximum absolute atomic E-state index is 10.4. The van der Waals surface area contributed by atoms with Crippen LogP contribution in [0.5, 0.6) is 0 Å². The van der Waals surface area contributed by atoms with Gasteiger partial charge in [0.25, 0.3) is 0 Å². The fourth-order valence-electron chi connectivity index (χ4n) is 0.947. The van der Waals surface area contributed by atoms with Gasteiger partial charge in [-0.1, -0.05) is 30.3 Å². The summed E-state index contributed by atoms with van der Waals surface area (Å²) < 4.78 is 4.49. The number of ketones is 1. The van der Waals surface area contributed by atoms with E-state index in [1.807, 2.05) is 18.2 Å². The third-order valence-corrected chi connectivity index (χ3v) is 1.63. The van der Waals surface area contributed by atoms with Crippen molar-refractivity contribution in [1.82, 2.24) is 0 Å². The molecule has 4 heteroatoms. The van der Waals surface area contributed by atoms with Crippen LogP contribution in [-0.2, 0) is 14.3 Å². The number of esters is 1. The maximum atomic E-state index is 10.4. The highest BCUT2D eigenvalue weighted by atomic mass is 16.5. The monoisotopic (exact) mass is 236 g/mol. The molecule has 92 valence electrons. The van der Waals surface area contributed by atoms with Crippen molar-refractivity contribution < 1.29 is 19.1 Å². The summed E-state index contributed by atoms with van der Waals surface area (Å²) in [5.41, 5.74) is 0.729. The number of aldehydes is 1. The van der Waals surface area contributed by atoms with E-state index in [4.69, 9.17) is 0 Å². The van der Waals surface area contributed by atoms with E-state index in [0.29, 0.717) is 6.61 Å². The number of carbonyl (C=O) groups excluding carboxylic acids is 3. The van der Waals surface area contributed by atoms with Crippen LogP contribution in [0.15, 0.2) is 30.3 Å². The predicted molar refractivity (Wildman–Crippen MR) is 63.8 cm³/mol. The fraction of sp³-hybridized carbons (Fsp3) is 0.308. The largest absolute Gasteiger partial charge is 0.466 e. The van der Waals surface area contributed by atoms with E-state index in [1.165, 1.54) is 6.92 Å². The smallest absolute Gasteiger partial charge is 0.313 e. The molecule has 0 saturated heterocycles. The molecule has 0 unspecified atom stereocenters. The van der Waals surface area contributed by atoms with Crippen LogP contribution in [0.1, 0.15) is 30.6 Å². The Morgan fingerprint density at radius 2 is 1.82 bits per heavy atom. The van der Waals surface area contributed by atoms with Gasteiger partial charge in [-0.3, -0.25) is 14.4 Å². The summed E-state index contributed by atoms with van der Waals surface area (Å²) in [5.74, 6) is -0.599. The lowest BCUT2D eigenvalue weighted by molar-refractivity contribution is -0.145. The quantitative estimate of drug-likeness (QED) is 0.456. The van der Waals surface area contributed by atoms with E-state index in [1.54, 1.807) is 19.1 Å². The second-order valence-corrected chi connectivity index (χ2v) is 3.21. The van der Waals surface area contributed by atoms with Gasteiger partial charge < -0.3 is 4.74 Å². The maximum Gasteiger partial charge on any atom is 0.313 e. The lowest BCUT2D eigenvalue weighted by atomic mass is 10.2. The van der Waals surface area contributed by atoms with Crippen LogP contribution >= 0.6 is 0 Å². The number of hydrogen-bond donors (Lipinski definition) is 0. The summed E-state index contributed by atoms with van der Waals surface area (Å²) in [6, 6.07) is 9.10. The summed E-state index contributed by atoms with van der Waals surface area (Å²) in [5, 5.41) is 0. The SMILES string of the molecule is CCOC(=O)CC(C)=O.O=Cc1ccccc1. The molecule has 0 aliphatic carbocycles. The van der Waals surface area contributed by atoms with Crippen molar-refractivity contribution in [3.63, 3.8) is 0 Å². The summed E-state index contributed by atoms with van der Waals surface area (Å²) >= 11 is 0. The van der Waals surface area contributed by atoms with Gasteiger partial charge in [0.1, 0.15) is 18.5 Å². The molecule has 0 heterocycles. The average molecular weight is 236 g/mol. The molecule has 4 nitrogen and oxygen atoms in total. The predicted octanol–water partition coefficient (Wildman–Crippen LogP) is 2.03. The lowest BCUT2D eigenvalue weighted by Crippen LogP contribution is -2.07. The van der Waals surface area contributed by atoms with Gasteiger partial charge >= 0.3 is 5.97 Å². The lowest BCUT2D eigenvalue weighted by Gasteiger charge is -1.96. The van der Waals surface area contributed by atoms with Crippen LogP contribution < -0.4 is 0 Å². The van der Waals surface area contributed by atoms with Gasteiger partial charge in [0.2, 0.25) is 0 Å².